The van der Waals surface area contributed by atoms with Crippen molar-refractivity contribution < 1.29 is 17.6 Å². The summed E-state index contributed by atoms with van der Waals surface area (Å²) in [7, 11) is -3.69. The minimum Gasteiger partial charge on any atom is -0.468 e. The van der Waals surface area contributed by atoms with E-state index < -0.39 is 15.1 Å². The van der Waals surface area contributed by atoms with Crippen LogP contribution >= 0.6 is 0 Å². The summed E-state index contributed by atoms with van der Waals surface area (Å²) in [5, 5.41) is 1.77. The van der Waals surface area contributed by atoms with E-state index in [9.17, 15) is 13.2 Å². The lowest BCUT2D eigenvalue weighted by molar-refractivity contribution is -0.122. The summed E-state index contributed by atoms with van der Waals surface area (Å²) in [6.07, 6.45) is 1.76. The van der Waals surface area contributed by atoms with Crippen molar-refractivity contribution in [3.63, 3.8) is 0 Å². The van der Waals surface area contributed by atoms with Gasteiger partial charge in [0, 0.05) is 13.0 Å². The molecule has 1 atom stereocenters. The zero-order valence-electron chi connectivity index (χ0n) is 15.1. The molecule has 0 aliphatic rings. The van der Waals surface area contributed by atoms with Crippen molar-refractivity contribution >= 4 is 15.7 Å². The van der Waals surface area contributed by atoms with Gasteiger partial charge < -0.3 is 9.73 Å². The molecule has 5 nitrogen and oxygen atoms in total. The van der Waals surface area contributed by atoms with Crippen LogP contribution in [0.4, 0.5) is 0 Å². The van der Waals surface area contributed by atoms with Gasteiger partial charge in [0.05, 0.1) is 11.2 Å². The maximum Gasteiger partial charge on any atom is 0.220 e. The molecule has 0 aliphatic heterocycles. The number of nitrogens with one attached hydrogen (secondary N) is 1. The molecule has 0 fully saturated rings. The van der Waals surface area contributed by atoms with Crippen molar-refractivity contribution in [2.45, 2.75) is 44.3 Å². The summed E-state index contributed by atoms with van der Waals surface area (Å²) in [4.78, 5) is 12.3. The fourth-order valence-electron chi connectivity index (χ4n) is 2.48. The van der Waals surface area contributed by atoms with Gasteiger partial charge in [-0.25, -0.2) is 8.42 Å². The van der Waals surface area contributed by atoms with E-state index in [0.717, 1.165) is 5.56 Å². The van der Waals surface area contributed by atoms with Crippen molar-refractivity contribution in [3.8, 4) is 0 Å². The van der Waals surface area contributed by atoms with Crippen LogP contribution < -0.4 is 5.32 Å². The van der Waals surface area contributed by atoms with Crippen LogP contribution in [0.3, 0.4) is 0 Å². The highest BCUT2D eigenvalue weighted by Gasteiger charge is 2.32. The summed E-state index contributed by atoms with van der Waals surface area (Å²) in [6.45, 7) is 7.74. The van der Waals surface area contributed by atoms with Gasteiger partial charge in [-0.2, -0.15) is 0 Å². The Morgan fingerprint density at radius 1 is 1.16 bits per heavy atom. The highest BCUT2D eigenvalue weighted by molar-refractivity contribution is 7.91. The second-order valence-electron chi connectivity index (χ2n) is 7.40. The summed E-state index contributed by atoms with van der Waals surface area (Å²) in [5.41, 5.74) is 0.812. The molecule has 0 saturated carbocycles. The monoisotopic (exact) mass is 363 g/mol. The highest BCUT2D eigenvalue weighted by Crippen LogP contribution is 2.29. The topological polar surface area (TPSA) is 76.4 Å². The van der Waals surface area contributed by atoms with E-state index in [1.807, 2.05) is 27.7 Å². The first-order valence-corrected chi connectivity index (χ1v) is 9.75. The van der Waals surface area contributed by atoms with Crippen LogP contribution in [0.15, 0.2) is 52.0 Å². The molecule has 0 spiro atoms. The van der Waals surface area contributed by atoms with Crippen molar-refractivity contribution in [2.24, 2.45) is 5.41 Å². The number of hydrogen-bond acceptors (Lipinski definition) is 4. The third-order valence-corrected chi connectivity index (χ3v) is 5.84. The smallest absolute Gasteiger partial charge is 0.220 e. The van der Waals surface area contributed by atoms with Crippen LogP contribution in [0.5, 0.6) is 0 Å². The Morgan fingerprint density at radius 3 is 2.32 bits per heavy atom. The summed E-state index contributed by atoms with van der Waals surface area (Å²) < 4.78 is 31.4. The quantitative estimate of drug-likeness (QED) is 0.850. The highest BCUT2D eigenvalue weighted by atomic mass is 32.2. The number of aryl methyl sites for hydroxylation is 1. The fraction of sp³-hybridized carbons (Fsp3) is 0.421. The average Bonchev–Trinajstić information content (AvgIpc) is 2.99. The molecule has 0 aliphatic carbocycles. The second-order valence-corrected chi connectivity index (χ2v) is 9.53. The number of hydrogen-bond donors (Lipinski definition) is 1. The molecule has 2 aromatic rings. The van der Waals surface area contributed by atoms with Crippen LogP contribution in [0.25, 0.3) is 0 Å². The predicted octanol–water partition coefficient (Wildman–Crippen LogP) is 3.66. The SMILES string of the molecule is Cc1ccc(S(=O)(=O)[C@@H](CNC(=O)CC(C)(C)C)c2ccco2)cc1. The number of furan rings is 1. The molecule has 2 rings (SSSR count). The van der Waals surface area contributed by atoms with Crippen LogP contribution in [-0.4, -0.2) is 20.9 Å². The van der Waals surface area contributed by atoms with Gasteiger partial charge in [0.2, 0.25) is 5.91 Å². The second kappa shape index (κ2) is 7.44. The Morgan fingerprint density at radius 2 is 1.80 bits per heavy atom. The molecule has 25 heavy (non-hydrogen) atoms. The number of rotatable bonds is 6. The number of amides is 1. The van der Waals surface area contributed by atoms with Gasteiger partial charge in [0.1, 0.15) is 11.0 Å². The number of benzene rings is 1. The standard InChI is InChI=1S/C19H25NO4S/c1-14-7-9-15(10-8-14)25(22,23)17(16-6-5-11-24-16)13-20-18(21)12-19(2,3)4/h5-11,17H,12-13H2,1-4H3,(H,20,21)/t17-/m0/s1. The first kappa shape index (κ1) is 19.2. The lowest BCUT2D eigenvalue weighted by Gasteiger charge is -2.20. The van der Waals surface area contributed by atoms with E-state index in [2.05, 4.69) is 5.32 Å². The van der Waals surface area contributed by atoms with Crippen LogP contribution in [-0.2, 0) is 14.6 Å². The maximum absolute atomic E-state index is 13.0. The van der Waals surface area contributed by atoms with E-state index in [4.69, 9.17) is 4.42 Å². The van der Waals surface area contributed by atoms with Crippen LogP contribution in [0.2, 0.25) is 0 Å². The Hall–Kier alpha value is -2.08. The summed E-state index contributed by atoms with van der Waals surface area (Å²) >= 11 is 0. The first-order chi connectivity index (χ1) is 11.6. The molecule has 6 heteroatoms. The van der Waals surface area contributed by atoms with Gasteiger partial charge in [-0.3, -0.25) is 4.79 Å². The normalized spacial score (nSPS) is 13.4. The van der Waals surface area contributed by atoms with Crippen molar-refractivity contribution in [2.75, 3.05) is 6.54 Å². The van der Waals surface area contributed by atoms with Crippen LogP contribution in [0, 0.1) is 12.3 Å². The van der Waals surface area contributed by atoms with Crippen LogP contribution in [0.1, 0.15) is 43.8 Å². The van der Waals surface area contributed by atoms with E-state index in [-0.39, 0.29) is 22.8 Å². The Kier molecular flexibility index (Phi) is 5.72. The molecule has 1 amide bonds. The van der Waals surface area contributed by atoms with Crippen molar-refractivity contribution in [1.29, 1.82) is 0 Å². The molecule has 0 bridgehead atoms. The number of carbonyl (C=O) groups excluding carboxylic acids is 1. The third kappa shape index (κ3) is 5.19. The fourth-order valence-corrected chi connectivity index (χ4v) is 4.07. The van der Waals surface area contributed by atoms with E-state index in [1.165, 1.54) is 6.26 Å². The van der Waals surface area contributed by atoms with Gasteiger partial charge >= 0.3 is 0 Å². The Balaban J connectivity index is 2.25. The molecule has 1 N–H and O–H groups in total. The Bertz CT molecular complexity index is 800. The first-order valence-electron chi connectivity index (χ1n) is 8.20. The van der Waals surface area contributed by atoms with Gasteiger partial charge in [0.15, 0.2) is 9.84 Å². The zero-order valence-corrected chi connectivity index (χ0v) is 15.9. The molecule has 0 unspecified atom stereocenters. The maximum atomic E-state index is 13.0. The largest absolute Gasteiger partial charge is 0.468 e. The minimum absolute atomic E-state index is 0.0291. The lowest BCUT2D eigenvalue weighted by atomic mass is 9.92. The Labute approximate surface area is 149 Å². The van der Waals surface area contributed by atoms with Crippen molar-refractivity contribution in [3.05, 3.63) is 54.0 Å². The third-order valence-electron chi connectivity index (χ3n) is 3.76. The van der Waals surface area contributed by atoms with Gasteiger partial charge in [-0.1, -0.05) is 38.5 Å². The zero-order chi connectivity index (χ0) is 18.7. The van der Waals surface area contributed by atoms with E-state index >= 15 is 0 Å². The molecular formula is C19H25NO4S. The number of carbonyl (C=O) groups is 1. The molecule has 0 saturated heterocycles. The molecular weight excluding hydrogens is 338 g/mol. The van der Waals surface area contributed by atoms with Gasteiger partial charge in [-0.05, 0) is 36.6 Å². The molecule has 1 aromatic carbocycles. The average molecular weight is 363 g/mol. The minimum atomic E-state index is -3.69. The van der Waals surface area contributed by atoms with Crippen molar-refractivity contribution in [1.82, 2.24) is 5.32 Å². The molecule has 136 valence electrons. The number of sulfone groups is 1. The van der Waals surface area contributed by atoms with E-state index in [1.54, 1.807) is 36.4 Å². The van der Waals surface area contributed by atoms with Gasteiger partial charge in [0.25, 0.3) is 0 Å². The summed E-state index contributed by atoms with van der Waals surface area (Å²) in [5.74, 6) is 0.139. The van der Waals surface area contributed by atoms with Gasteiger partial charge in [-0.15, -0.1) is 0 Å². The lowest BCUT2D eigenvalue weighted by Crippen LogP contribution is -2.33. The molecule has 1 heterocycles. The molecule has 1 aromatic heterocycles. The molecule has 0 radical (unpaired) electrons. The predicted molar refractivity (Wildman–Crippen MR) is 96.9 cm³/mol. The van der Waals surface area contributed by atoms with E-state index in [0.29, 0.717) is 12.2 Å². The summed E-state index contributed by atoms with van der Waals surface area (Å²) in [6, 6.07) is 9.93.